The van der Waals surface area contributed by atoms with Gasteiger partial charge >= 0.3 is 0 Å². The molecule has 5 aromatic rings. The normalized spacial score (nSPS) is 12.5. The van der Waals surface area contributed by atoms with Crippen molar-refractivity contribution in [1.29, 1.82) is 0 Å². The summed E-state index contributed by atoms with van der Waals surface area (Å²) in [6.45, 7) is 2.96. The van der Waals surface area contributed by atoms with Gasteiger partial charge in [-0.2, -0.15) is 0 Å². The number of aromatic nitrogens is 2. The number of hydrogen-bond donors (Lipinski definition) is 1. The molecule has 3 aromatic carbocycles. The fourth-order valence-corrected chi connectivity index (χ4v) is 5.63. The van der Waals surface area contributed by atoms with E-state index in [4.69, 9.17) is 20.8 Å². The highest BCUT2D eigenvalue weighted by atomic mass is 35.5. The second-order valence-electron chi connectivity index (χ2n) is 10.4. The summed E-state index contributed by atoms with van der Waals surface area (Å²) in [5, 5.41) is 4.49. The van der Waals surface area contributed by atoms with Gasteiger partial charge in [0.1, 0.15) is 51.7 Å². The van der Waals surface area contributed by atoms with Crippen LogP contribution in [0.25, 0.3) is 22.2 Å². The number of sulfone groups is 1. The Kier molecular flexibility index (Phi) is 9.29. The Morgan fingerprint density at radius 3 is 2.65 bits per heavy atom. The number of ether oxygens (including phenoxy) is 1. The number of hydrogen-bond acceptors (Lipinski definition) is 8. The lowest BCUT2D eigenvalue weighted by Crippen LogP contribution is -2.26. The van der Waals surface area contributed by atoms with Crippen LogP contribution >= 0.6 is 11.6 Å². The van der Waals surface area contributed by atoms with E-state index < -0.39 is 9.84 Å². The van der Waals surface area contributed by atoms with Crippen LogP contribution in [0, 0.1) is 5.82 Å². The van der Waals surface area contributed by atoms with Crippen molar-refractivity contribution in [3.8, 4) is 17.1 Å². The smallest absolute Gasteiger partial charge is 0.147 e. The molecule has 0 saturated heterocycles. The Labute approximate surface area is 255 Å². The number of nitrogens with one attached hydrogen (secondary N) is 1. The summed E-state index contributed by atoms with van der Waals surface area (Å²) in [7, 11) is -1.15. The zero-order valence-electron chi connectivity index (χ0n) is 24.1. The molecule has 0 spiro atoms. The number of halogens is 2. The summed E-state index contributed by atoms with van der Waals surface area (Å²) < 4.78 is 49.2. The van der Waals surface area contributed by atoms with Crippen LogP contribution in [0.3, 0.4) is 0 Å². The van der Waals surface area contributed by atoms with Crippen molar-refractivity contribution in [2.75, 3.05) is 30.9 Å². The molecule has 0 aliphatic heterocycles. The molecule has 0 aliphatic rings. The Bertz CT molecular complexity index is 1850. The van der Waals surface area contributed by atoms with E-state index in [1.165, 1.54) is 24.7 Å². The molecule has 43 heavy (non-hydrogen) atoms. The van der Waals surface area contributed by atoms with Crippen molar-refractivity contribution >= 4 is 43.8 Å². The molecular weight excluding hydrogens is 591 g/mol. The van der Waals surface area contributed by atoms with Crippen molar-refractivity contribution in [2.24, 2.45) is 0 Å². The minimum absolute atomic E-state index is 0.0739. The predicted molar refractivity (Wildman–Crippen MR) is 168 cm³/mol. The molecule has 2 heterocycles. The summed E-state index contributed by atoms with van der Waals surface area (Å²) in [4.78, 5) is 10.9. The standard InChI is InChI=1S/C32H32ClFN4O4S/c1-4-38(2)28(14-15-43(3,39)40)31-13-12-29(42-31)22-8-10-27-25(17-22)32(36-20-35-27)37-24-9-11-30(26(33)18-24)41-19-21-6-5-7-23(34)16-21/h5-13,16-18,20,28H,4,14-15,19H2,1-3H3,(H,35,36,37). The number of furan rings is 1. The molecule has 8 nitrogen and oxygen atoms in total. The van der Waals surface area contributed by atoms with E-state index in [9.17, 15) is 12.8 Å². The van der Waals surface area contributed by atoms with Gasteiger partial charge in [-0.3, -0.25) is 4.90 Å². The second-order valence-corrected chi connectivity index (χ2v) is 13.0. The molecular formula is C32H32ClFN4O4S. The Morgan fingerprint density at radius 2 is 1.91 bits per heavy atom. The Morgan fingerprint density at radius 1 is 1.07 bits per heavy atom. The number of rotatable bonds is 12. The summed E-state index contributed by atoms with van der Waals surface area (Å²) in [6.07, 6.45) is 3.17. The minimum Gasteiger partial charge on any atom is -0.487 e. The lowest BCUT2D eigenvalue weighted by atomic mass is 10.1. The second kappa shape index (κ2) is 13.1. The van der Waals surface area contributed by atoms with E-state index in [0.717, 1.165) is 23.0 Å². The van der Waals surface area contributed by atoms with Crippen LogP contribution in [0.5, 0.6) is 5.75 Å². The number of benzene rings is 3. The molecule has 1 N–H and O–H groups in total. The van der Waals surface area contributed by atoms with Crippen LogP contribution in [0.2, 0.25) is 5.02 Å². The van der Waals surface area contributed by atoms with Crippen LogP contribution in [0.4, 0.5) is 15.9 Å². The van der Waals surface area contributed by atoms with Crippen LogP contribution in [-0.4, -0.2) is 48.9 Å². The maximum atomic E-state index is 13.5. The average Bonchev–Trinajstić information content (AvgIpc) is 3.46. The molecule has 2 aromatic heterocycles. The summed E-state index contributed by atoms with van der Waals surface area (Å²) >= 11 is 6.50. The topological polar surface area (TPSA) is 97.6 Å². The largest absolute Gasteiger partial charge is 0.487 e. The first-order chi connectivity index (χ1) is 20.6. The molecule has 0 fully saturated rings. The zero-order chi connectivity index (χ0) is 30.6. The summed E-state index contributed by atoms with van der Waals surface area (Å²) in [6, 6.07) is 20.9. The Hall–Kier alpha value is -3.99. The highest BCUT2D eigenvalue weighted by Gasteiger charge is 2.22. The number of anilines is 2. The van der Waals surface area contributed by atoms with Gasteiger partial charge in [0.05, 0.1) is 22.3 Å². The predicted octanol–water partition coefficient (Wildman–Crippen LogP) is 7.43. The van der Waals surface area contributed by atoms with E-state index in [1.54, 1.807) is 24.3 Å². The molecule has 0 bridgehead atoms. The number of fused-ring (bicyclic) bond motifs is 1. The maximum absolute atomic E-state index is 13.5. The third-order valence-electron chi connectivity index (χ3n) is 7.15. The van der Waals surface area contributed by atoms with Crippen molar-refractivity contribution in [3.05, 3.63) is 101 Å². The van der Waals surface area contributed by atoms with E-state index >= 15 is 0 Å². The molecule has 1 unspecified atom stereocenters. The average molecular weight is 623 g/mol. The quantitative estimate of drug-likeness (QED) is 0.153. The molecule has 0 amide bonds. The monoisotopic (exact) mass is 622 g/mol. The van der Waals surface area contributed by atoms with E-state index in [-0.39, 0.29) is 24.2 Å². The van der Waals surface area contributed by atoms with E-state index in [0.29, 0.717) is 45.8 Å². The molecule has 1 atom stereocenters. The molecule has 11 heteroatoms. The van der Waals surface area contributed by atoms with Gasteiger partial charge in [-0.25, -0.2) is 22.8 Å². The highest BCUT2D eigenvalue weighted by Crippen LogP contribution is 2.34. The summed E-state index contributed by atoms with van der Waals surface area (Å²) in [5.41, 5.74) is 2.97. The minimum atomic E-state index is -3.11. The summed E-state index contributed by atoms with van der Waals surface area (Å²) in [5.74, 6) is 2.18. The molecule has 5 rings (SSSR count). The van der Waals surface area contributed by atoms with Gasteiger partial charge in [0, 0.05) is 22.9 Å². The van der Waals surface area contributed by atoms with Gasteiger partial charge in [-0.05, 0) is 86.2 Å². The fourth-order valence-electron chi connectivity index (χ4n) is 4.74. The third-order valence-corrected chi connectivity index (χ3v) is 8.42. The zero-order valence-corrected chi connectivity index (χ0v) is 25.6. The van der Waals surface area contributed by atoms with E-state index in [1.807, 2.05) is 50.4 Å². The van der Waals surface area contributed by atoms with Crippen LogP contribution in [0.1, 0.15) is 30.7 Å². The lowest BCUT2D eigenvalue weighted by Gasteiger charge is -2.24. The lowest BCUT2D eigenvalue weighted by molar-refractivity contribution is 0.221. The van der Waals surface area contributed by atoms with Gasteiger partial charge in [-0.1, -0.05) is 30.7 Å². The first-order valence-electron chi connectivity index (χ1n) is 13.8. The molecule has 0 radical (unpaired) electrons. The number of nitrogens with zero attached hydrogens (tertiary/aromatic N) is 3. The van der Waals surface area contributed by atoms with Gasteiger partial charge < -0.3 is 14.5 Å². The SMILES string of the molecule is CCN(C)C(CCS(C)(=O)=O)c1ccc(-c2ccc3ncnc(Nc4ccc(OCc5cccc(F)c5)c(Cl)c4)c3c2)o1. The first-order valence-corrected chi connectivity index (χ1v) is 16.2. The van der Waals surface area contributed by atoms with Crippen LogP contribution < -0.4 is 10.1 Å². The van der Waals surface area contributed by atoms with Crippen LogP contribution in [-0.2, 0) is 16.4 Å². The molecule has 0 saturated carbocycles. The van der Waals surface area contributed by atoms with E-state index in [2.05, 4.69) is 20.2 Å². The highest BCUT2D eigenvalue weighted by molar-refractivity contribution is 7.90. The van der Waals surface area contributed by atoms with Crippen molar-refractivity contribution in [3.63, 3.8) is 0 Å². The van der Waals surface area contributed by atoms with Gasteiger partial charge in [0.2, 0.25) is 0 Å². The van der Waals surface area contributed by atoms with Gasteiger partial charge in [0.15, 0.2) is 0 Å². The van der Waals surface area contributed by atoms with Gasteiger partial charge in [-0.15, -0.1) is 0 Å². The molecule has 0 aliphatic carbocycles. The Balaban J connectivity index is 1.36. The van der Waals surface area contributed by atoms with Crippen molar-refractivity contribution < 1.29 is 22.0 Å². The maximum Gasteiger partial charge on any atom is 0.147 e. The third kappa shape index (κ3) is 7.70. The van der Waals surface area contributed by atoms with Crippen LogP contribution in [0.15, 0.2) is 83.5 Å². The fraction of sp³-hybridized carbons (Fsp3) is 0.250. The molecule has 224 valence electrons. The van der Waals surface area contributed by atoms with Crippen molar-refractivity contribution in [2.45, 2.75) is 26.0 Å². The van der Waals surface area contributed by atoms with Gasteiger partial charge in [0.25, 0.3) is 0 Å². The van der Waals surface area contributed by atoms with Crippen molar-refractivity contribution in [1.82, 2.24) is 14.9 Å². The first kappa shape index (κ1) is 30.5.